The predicted molar refractivity (Wildman–Crippen MR) is 137 cm³/mol. The summed E-state index contributed by atoms with van der Waals surface area (Å²) in [7, 11) is 0. The molecule has 1 fully saturated rings. The van der Waals surface area contributed by atoms with Gasteiger partial charge in [-0.3, -0.25) is 4.79 Å². The third kappa shape index (κ3) is 4.88. The number of aryl methyl sites for hydroxylation is 1. The van der Waals surface area contributed by atoms with Crippen LogP contribution in [-0.4, -0.2) is 47.5 Å². The molecule has 2 aliphatic heterocycles. The molecular formula is C26H29N3O4S. The Morgan fingerprint density at radius 3 is 2.68 bits per heavy atom. The standard InChI is InChI=1S/C26H29N3O4S/c1-2-17-6-3-4-8-21(17)28-26(34)29(16-20-7-5-9-31-20)15-19-12-18-13-23-24(33-11-10-32-23)14-22(18)27-25(19)30/h3-4,6,8,12-14,20H,2,5,7,9-11,15-16H2,1H3,(H,27,30)(H,28,34)/t20-/m1/s1. The van der Waals surface area contributed by atoms with E-state index < -0.39 is 0 Å². The fraction of sp³-hybridized carbons (Fsp3) is 0.385. The molecule has 0 radical (unpaired) electrons. The molecule has 3 aromatic rings. The van der Waals surface area contributed by atoms with E-state index >= 15 is 0 Å². The topological polar surface area (TPSA) is 75.8 Å². The third-order valence-electron chi connectivity index (χ3n) is 6.32. The van der Waals surface area contributed by atoms with Crippen molar-refractivity contribution in [2.24, 2.45) is 0 Å². The van der Waals surface area contributed by atoms with Gasteiger partial charge in [-0.05, 0) is 55.2 Å². The Balaban J connectivity index is 1.43. The van der Waals surface area contributed by atoms with Gasteiger partial charge in [0.2, 0.25) is 0 Å². The van der Waals surface area contributed by atoms with E-state index in [-0.39, 0.29) is 11.7 Å². The molecule has 0 spiro atoms. The number of aromatic amines is 1. The number of aromatic nitrogens is 1. The molecule has 0 bridgehead atoms. The number of fused-ring (bicyclic) bond motifs is 2. The Bertz CT molecular complexity index is 1250. The molecule has 1 saturated heterocycles. The molecule has 1 atom stereocenters. The lowest BCUT2D eigenvalue weighted by molar-refractivity contribution is 0.0904. The van der Waals surface area contributed by atoms with Gasteiger partial charge >= 0.3 is 0 Å². The molecule has 3 heterocycles. The molecule has 1 aromatic heterocycles. The Morgan fingerprint density at radius 1 is 1.12 bits per heavy atom. The SMILES string of the molecule is CCc1ccccc1NC(=S)N(Cc1cc2cc3c(cc2[nH]c1=O)OCCO3)C[C@H]1CCCO1. The highest BCUT2D eigenvalue weighted by Gasteiger charge is 2.23. The van der Waals surface area contributed by atoms with Crippen LogP contribution in [-0.2, 0) is 17.7 Å². The second kappa shape index (κ2) is 10.0. The van der Waals surface area contributed by atoms with Crippen LogP contribution in [0.1, 0.15) is 30.9 Å². The summed E-state index contributed by atoms with van der Waals surface area (Å²) in [5.41, 5.74) is 3.40. The van der Waals surface area contributed by atoms with Gasteiger partial charge in [0.15, 0.2) is 16.6 Å². The van der Waals surface area contributed by atoms with Crippen LogP contribution in [0.4, 0.5) is 5.69 Å². The van der Waals surface area contributed by atoms with Crippen molar-refractivity contribution in [2.45, 2.75) is 38.8 Å². The van der Waals surface area contributed by atoms with Crippen molar-refractivity contribution >= 4 is 33.9 Å². The van der Waals surface area contributed by atoms with Gasteiger partial charge in [-0.2, -0.15) is 0 Å². The highest BCUT2D eigenvalue weighted by molar-refractivity contribution is 7.80. The van der Waals surface area contributed by atoms with Crippen LogP contribution in [0, 0.1) is 0 Å². The number of rotatable bonds is 6. The number of benzene rings is 2. The average molecular weight is 480 g/mol. The third-order valence-corrected chi connectivity index (χ3v) is 6.68. The van der Waals surface area contributed by atoms with E-state index in [0.29, 0.717) is 48.5 Å². The number of thiocarbonyl (C=S) groups is 1. The van der Waals surface area contributed by atoms with Gasteiger partial charge in [-0.1, -0.05) is 25.1 Å². The molecule has 0 unspecified atom stereocenters. The number of anilines is 1. The normalized spacial score (nSPS) is 17.0. The molecule has 2 aromatic carbocycles. The van der Waals surface area contributed by atoms with Crippen molar-refractivity contribution < 1.29 is 14.2 Å². The molecule has 2 N–H and O–H groups in total. The first-order chi connectivity index (χ1) is 16.6. The molecule has 5 rings (SSSR count). The zero-order valence-corrected chi connectivity index (χ0v) is 20.1. The first-order valence-electron chi connectivity index (χ1n) is 11.8. The van der Waals surface area contributed by atoms with Crippen LogP contribution in [0.2, 0.25) is 0 Å². The van der Waals surface area contributed by atoms with Gasteiger partial charge in [0, 0.05) is 35.9 Å². The Labute approximate surface area is 204 Å². The summed E-state index contributed by atoms with van der Waals surface area (Å²) in [4.78, 5) is 18.0. The van der Waals surface area contributed by atoms with Gasteiger partial charge in [0.1, 0.15) is 13.2 Å². The first kappa shape index (κ1) is 22.7. The minimum Gasteiger partial charge on any atom is -0.486 e. The summed E-state index contributed by atoms with van der Waals surface area (Å²) < 4.78 is 17.3. The number of H-pyrrole nitrogens is 1. The summed E-state index contributed by atoms with van der Waals surface area (Å²) in [6.07, 6.45) is 3.03. The van der Waals surface area contributed by atoms with E-state index in [0.717, 1.165) is 42.5 Å². The maximum Gasteiger partial charge on any atom is 0.253 e. The summed E-state index contributed by atoms with van der Waals surface area (Å²) in [6.45, 7) is 4.91. The zero-order chi connectivity index (χ0) is 23.5. The van der Waals surface area contributed by atoms with Crippen LogP contribution < -0.4 is 20.3 Å². The minimum absolute atomic E-state index is 0.0956. The summed E-state index contributed by atoms with van der Waals surface area (Å²) in [5, 5.41) is 4.88. The molecule has 0 aliphatic carbocycles. The lowest BCUT2D eigenvalue weighted by Crippen LogP contribution is -2.40. The van der Waals surface area contributed by atoms with E-state index in [4.69, 9.17) is 26.4 Å². The second-order valence-electron chi connectivity index (χ2n) is 8.66. The molecule has 0 saturated carbocycles. The van der Waals surface area contributed by atoms with Crippen LogP contribution in [0.15, 0.2) is 47.3 Å². The van der Waals surface area contributed by atoms with Crippen LogP contribution in [0.3, 0.4) is 0 Å². The van der Waals surface area contributed by atoms with Crippen molar-refractivity contribution in [1.82, 2.24) is 9.88 Å². The summed E-state index contributed by atoms with van der Waals surface area (Å²) >= 11 is 5.83. The zero-order valence-electron chi connectivity index (χ0n) is 19.3. The second-order valence-corrected chi connectivity index (χ2v) is 9.05. The smallest absolute Gasteiger partial charge is 0.253 e. The Hall–Kier alpha value is -3.10. The van der Waals surface area contributed by atoms with E-state index in [1.165, 1.54) is 5.56 Å². The number of nitrogens with one attached hydrogen (secondary N) is 2. The van der Waals surface area contributed by atoms with Crippen LogP contribution >= 0.6 is 12.2 Å². The fourth-order valence-electron chi connectivity index (χ4n) is 4.51. The van der Waals surface area contributed by atoms with E-state index in [2.05, 4.69) is 23.3 Å². The lowest BCUT2D eigenvalue weighted by atomic mass is 10.1. The van der Waals surface area contributed by atoms with Gasteiger partial charge in [-0.15, -0.1) is 0 Å². The molecular weight excluding hydrogens is 450 g/mol. The van der Waals surface area contributed by atoms with E-state index in [9.17, 15) is 4.79 Å². The van der Waals surface area contributed by atoms with Gasteiger partial charge < -0.3 is 29.4 Å². The van der Waals surface area contributed by atoms with Crippen LogP contribution in [0.25, 0.3) is 10.9 Å². The number of ether oxygens (including phenoxy) is 3. The lowest BCUT2D eigenvalue weighted by Gasteiger charge is -2.28. The molecule has 34 heavy (non-hydrogen) atoms. The number of pyridine rings is 1. The van der Waals surface area contributed by atoms with Crippen molar-refractivity contribution in [3.63, 3.8) is 0 Å². The first-order valence-corrected chi connectivity index (χ1v) is 12.2. The molecule has 2 aliphatic rings. The highest BCUT2D eigenvalue weighted by atomic mass is 32.1. The molecule has 8 heteroatoms. The van der Waals surface area contributed by atoms with Gasteiger partial charge in [0.05, 0.1) is 18.2 Å². The molecule has 178 valence electrons. The van der Waals surface area contributed by atoms with Crippen LogP contribution in [0.5, 0.6) is 11.5 Å². The van der Waals surface area contributed by atoms with E-state index in [1.807, 2.05) is 41.3 Å². The van der Waals surface area contributed by atoms with Crippen molar-refractivity contribution in [3.05, 3.63) is 63.9 Å². The number of hydrogen-bond donors (Lipinski definition) is 2. The Morgan fingerprint density at radius 2 is 1.91 bits per heavy atom. The van der Waals surface area contributed by atoms with E-state index in [1.54, 1.807) is 0 Å². The monoisotopic (exact) mass is 479 g/mol. The average Bonchev–Trinajstić information content (AvgIpc) is 3.36. The number of para-hydroxylation sites is 1. The molecule has 7 nitrogen and oxygen atoms in total. The maximum absolute atomic E-state index is 13.0. The molecule has 0 amide bonds. The van der Waals surface area contributed by atoms with Crippen molar-refractivity contribution in [1.29, 1.82) is 0 Å². The number of nitrogens with zero attached hydrogens (tertiary/aromatic N) is 1. The number of hydrogen-bond acceptors (Lipinski definition) is 5. The summed E-state index contributed by atoms with van der Waals surface area (Å²) in [6, 6.07) is 13.8. The van der Waals surface area contributed by atoms with Crippen molar-refractivity contribution in [2.75, 3.05) is 31.7 Å². The minimum atomic E-state index is -0.140. The Kier molecular flexibility index (Phi) is 6.69. The predicted octanol–water partition coefficient (Wildman–Crippen LogP) is 4.24. The maximum atomic E-state index is 13.0. The van der Waals surface area contributed by atoms with Gasteiger partial charge in [-0.25, -0.2) is 0 Å². The fourth-order valence-corrected chi connectivity index (χ4v) is 4.76. The largest absolute Gasteiger partial charge is 0.486 e. The summed E-state index contributed by atoms with van der Waals surface area (Å²) in [5.74, 6) is 1.35. The highest BCUT2D eigenvalue weighted by Crippen LogP contribution is 2.33. The van der Waals surface area contributed by atoms with Crippen molar-refractivity contribution in [3.8, 4) is 11.5 Å². The van der Waals surface area contributed by atoms with Gasteiger partial charge in [0.25, 0.3) is 5.56 Å². The quantitative estimate of drug-likeness (QED) is 0.512.